The molecule has 1 aliphatic heterocycles. The highest BCUT2D eigenvalue weighted by Crippen LogP contribution is 2.28. The quantitative estimate of drug-likeness (QED) is 0.654. The lowest BCUT2D eigenvalue weighted by atomic mass is 9.87. The molecule has 1 aromatic rings. The molecule has 1 unspecified atom stereocenters. The minimum Gasteiger partial charge on any atom is -0.447 e. The number of carbonyl (C=O) groups excluding carboxylic acids is 2. The number of hydrogen-bond donors (Lipinski definition) is 0. The van der Waals surface area contributed by atoms with E-state index in [1.165, 1.54) is 6.92 Å². The third kappa shape index (κ3) is 1.54. The van der Waals surface area contributed by atoms with Crippen molar-refractivity contribution < 1.29 is 14.3 Å². The summed E-state index contributed by atoms with van der Waals surface area (Å²) in [5, 5.41) is 0. The van der Waals surface area contributed by atoms with Crippen molar-refractivity contribution in [2.45, 2.75) is 25.9 Å². The summed E-state index contributed by atoms with van der Waals surface area (Å²) in [5.74, 6) is -0.528. The van der Waals surface area contributed by atoms with E-state index in [0.29, 0.717) is 12.0 Å². The van der Waals surface area contributed by atoms with Crippen LogP contribution in [0.4, 0.5) is 0 Å². The fraction of sp³-hybridized carbons (Fsp3) is 0.333. The number of carbonyl (C=O) groups is 2. The molecular weight excluding hydrogens is 192 g/mol. The van der Waals surface area contributed by atoms with Crippen molar-refractivity contribution >= 4 is 11.8 Å². The van der Waals surface area contributed by atoms with Crippen LogP contribution in [0.1, 0.15) is 29.8 Å². The van der Waals surface area contributed by atoms with Crippen molar-refractivity contribution in [2.24, 2.45) is 0 Å². The highest BCUT2D eigenvalue weighted by atomic mass is 16.6. The highest BCUT2D eigenvalue weighted by molar-refractivity contribution is 5.97. The third-order valence-corrected chi connectivity index (χ3v) is 2.83. The number of esters is 1. The molecule has 0 aromatic heterocycles. The van der Waals surface area contributed by atoms with Gasteiger partial charge in [-0.1, -0.05) is 18.2 Å². The van der Waals surface area contributed by atoms with Gasteiger partial charge in [-0.2, -0.15) is 0 Å². The van der Waals surface area contributed by atoms with Gasteiger partial charge in [-0.25, -0.2) is 4.79 Å². The molecule has 3 nitrogen and oxygen atoms in total. The monoisotopic (exact) mass is 204 g/mol. The Kier molecular flexibility index (Phi) is 2.11. The summed E-state index contributed by atoms with van der Waals surface area (Å²) in [6, 6.07) is 7.23. The molecule has 0 fully saturated rings. The first-order valence-electron chi connectivity index (χ1n) is 4.85. The van der Waals surface area contributed by atoms with Gasteiger partial charge in [0.2, 0.25) is 0 Å². The van der Waals surface area contributed by atoms with Gasteiger partial charge in [0.05, 0.1) is 5.56 Å². The third-order valence-electron chi connectivity index (χ3n) is 2.83. The number of hydrogen-bond acceptors (Lipinski definition) is 3. The summed E-state index contributed by atoms with van der Waals surface area (Å²) in [6.45, 7) is 3.10. The van der Waals surface area contributed by atoms with Gasteiger partial charge in [-0.15, -0.1) is 0 Å². The van der Waals surface area contributed by atoms with Crippen molar-refractivity contribution in [3.8, 4) is 0 Å². The fourth-order valence-corrected chi connectivity index (χ4v) is 1.73. The van der Waals surface area contributed by atoms with E-state index in [2.05, 4.69) is 0 Å². The lowest BCUT2D eigenvalue weighted by Gasteiger charge is -2.32. The number of benzene rings is 1. The van der Waals surface area contributed by atoms with E-state index >= 15 is 0 Å². The van der Waals surface area contributed by atoms with Crippen LogP contribution in [0.15, 0.2) is 24.3 Å². The van der Waals surface area contributed by atoms with E-state index in [1.54, 1.807) is 19.1 Å². The van der Waals surface area contributed by atoms with Gasteiger partial charge in [0.25, 0.3) is 0 Å². The maximum absolute atomic E-state index is 11.6. The second-order valence-corrected chi connectivity index (χ2v) is 4.01. The Morgan fingerprint density at radius 2 is 2.07 bits per heavy atom. The van der Waals surface area contributed by atoms with E-state index in [0.717, 1.165) is 5.56 Å². The first-order valence-corrected chi connectivity index (χ1v) is 4.85. The molecule has 0 saturated heterocycles. The lowest BCUT2D eigenvalue weighted by Crippen LogP contribution is -2.44. The van der Waals surface area contributed by atoms with Crippen molar-refractivity contribution in [1.82, 2.24) is 0 Å². The average Bonchev–Trinajstić information content (AvgIpc) is 2.17. The molecule has 0 spiro atoms. The van der Waals surface area contributed by atoms with Crippen molar-refractivity contribution in [2.75, 3.05) is 0 Å². The van der Waals surface area contributed by atoms with Gasteiger partial charge in [0.1, 0.15) is 0 Å². The minimum absolute atomic E-state index is 0.120. The molecule has 1 heterocycles. The normalized spacial score (nSPS) is 24.3. The molecule has 2 rings (SSSR count). The molecule has 0 N–H and O–H groups in total. The zero-order chi connectivity index (χ0) is 11.1. The molecule has 78 valence electrons. The first kappa shape index (κ1) is 9.90. The average molecular weight is 204 g/mol. The number of Topliss-reactive ketones (excluding diaryl/α,β-unsaturated/α-hetero) is 1. The van der Waals surface area contributed by atoms with E-state index in [-0.39, 0.29) is 5.78 Å². The molecule has 1 atom stereocenters. The minimum atomic E-state index is -0.995. The van der Waals surface area contributed by atoms with Gasteiger partial charge >= 0.3 is 5.97 Å². The largest absolute Gasteiger partial charge is 0.447 e. The Balaban J connectivity index is 2.47. The number of fused-ring (bicyclic) bond motifs is 1. The molecule has 0 bridgehead atoms. The number of cyclic esters (lactones) is 1. The molecule has 0 saturated carbocycles. The van der Waals surface area contributed by atoms with Crippen LogP contribution in [-0.2, 0) is 16.0 Å². The van der Waals surface area contributed by atoms with Crippen LogP contribution < -0.4 is 0 Å². The Bertz CT molecular complexity index is 436. The summed E-state index contributed by atoms with van der Waals surface area (Å²) in [7, 11) is 0. The molecule has 1 aliphatic rings. The molecule has 1 aromatic carbocycles. The second kappa shape index (κ2) is 3.19. The standard InChI is InChI=1S/C12H12O3/c1-8(13)12(2)7-9-5-3-4-6-10(9)11(14)15-12/h3-6H,7H2,1-2H3. The molecule has 0 aliphatic carbocycles. The van der Waals surface area contributed by atoms with Crippen molar-refractivity contribution in [1.29, 1.82) is 0 Å². The lowest BCUT2D eigenvalue weighted by molar-refractivity contribution is -0.135. The Morgan fingerprint density at radius 3 is 2.73 bits per heavy atom. The Morgan fingerprint density at radius 1 is 1.40 bits per heavy atom. The van der Waals surface area contributed by atoms with Gasteiger partial charge in [-0.05, 0) is 25.5 Å². The zero-order valence-electron chi connectivity index (χ0n) is 8.74. The summed E-state index contributed by atoms with van der Waals surface area (Å²) in [4.78, 5) is 23.0. The van der Waals surface area contributed by atoms with Crippen LogP contribution >= 0.6 is 0 Å². The number of ketones is 1. The van der Waals surface area contributed by atoms with Gasteiger partial charge in [0.15, 0.2) is 11.4 Å². The van der Waals surface area contributed by atoms with Gasteiger partial charge < -0.3 is 4.74 Å². The van der Waals surface area contributed by atoms with Crippen LogP contribution in [0.3, 0.4) is 0 Å². The maximum Gasteiger partial charge on any atom is 0.339 e. The van der Waals surface area contributed by atoms with E-state index in [9.17, 15) is 9.59 Å². The molecule has 0 amide bonds. The van der Waals surface area contributed by atoms with Crippen molar-refractivity contribution in [3.63, 3.8) is 0 Å². The Labute approximate surface area is 88.1 Å². The molecular formula is C12H12O3. The number of ether oxygens (including phenoxy) is 1. The van der Waals surface area contributed by atoms with Crippen LogP contribution in [0, 0.1) is 0 Å². The summed E-state index contributed by atoms with van der Waals surface area (Å²) >= 11 is 0. The maximum atomic E-state index is 11.6. The topological polar surface area (TPSA) is 43.4 Å². The Hall–Kier alpha value is -1.64. The zero-order valence-corrected chi connectivity index (χ0v) is 8.74. The fourth-order valence-electron chi connectivity index (χ4n) is 1.73. The predicted molar refractivity (Wildman–Crippen MR) is 54.6 cm³/mol. The smallest absolute Gasteiger partial charge is 0.339 e. The predicted octanol–water partition coefficient (Wildman–Crippen LogP) is 1.75. The second-order valence-electron chi connectivity index (χ2n) is 4.01. The molecule has 15 heavy (non-hydrogen) atoms. The van der Waals surface area contributed by atoms with Crippen molar-refractivity contribution in [3.05, 3.63) is 35.4 Å². The summed E-state index contributed by atoms with van der Waals surface area (Å²) in [5.41, 5.74) is 0.452. The van der Waals surface area contributed by atoms with E-state index < -0.39 is 11.6 Å². The highest BCUT2D eigenvalue weighted by Gasteiger charge is 2.39. The van der Waals surface area contributed by atoms with Crippen LogP contribution in [0.25, 0.3) is 0 Å². The van der Waals surface area contributed by atoms with Gasteiger partial charge in [-0.3, -0.25) is 4.79 Å². The summed E-state index contributed by atoms with van der Waals surface area (Å²) in [6.07, 6.45) is 0.463. The van der Waals surface area contributed by atoms with E-state index in [1.807, 2.05) is 12.1 Å². The van der Waals surface area contributed by atoms with E-state index in [4.69, 9.17) is 4.74 Å². The van der Waals surface area contributed by atoms with Gasteiger partial charge in [0, 0.05) is 6.42 Å². The first-order chi connectivity index (χ1) is 7.03. The molecule has 0 radical (unpaired) electrons. The molecule has 3 heteroatoms. The summed E-state index contributed by atoms with van der Waals surface area (Å²) < 4.78 is 5.17. The van der Waals surface area contributed by atoms with Crippen LogP contribution in [0.5, 0.6) is 0 Å². The van der Waals surface area contributed by atoms with Crippen LogP contribution in [0.2, 0.25) is 0 Å². The SMILES string of the molecule is CC(=O)C1(C)Cc2ccccc2C(=O)O1. The number of rotatable bonds is 1. The van der Waals surface area contributed by atoms with Crippen LogP contribution in [-0.4, -0.2) is 17.4 Å².